The molecule has 0 bridgehead atoms. The normalized spacial score (nSPS) is 10.7. The van der Waals surface area contributed by atoms with E-state index in [9.17, 15) is 9.59 Å². The second-order valence-electron chi connectivity index (χ2n) is 5.36. The number of nitrogens with one attached hydrogen (secondary N) is 1. The van der Waals surface area contributed by atoms with Gasteiger partial charge in [0.2, 0.25) is 0 Å². The van der Waals surface area contributed by atoms with Gasteiger partial charge in [0, 0.05) is 31.7 Å². The molecule has 0 aliphatic rings. The van der Waals surface area contributed by atoms with Gasteiger partial charge in [0.15, 0.2) is 0 Å². The summed E-state index contributed by atoms with van der Waals surface area (Å²) < 4.78 is 1.51. The van der Waals surface area contributed by atoms with Crippen LogP contribution in [-0.4, -0.2) is 32.4 Å². The molecular weight excluding hydrogens is 268 g/mol. The highest BCUT2D eigenvalue weighted by molar-refractivity contribution is 5.93. The molecule has 2 rings (SSSR count). The molecule has 6 nitrogen and oxygen atoms in total. The number of aromatic nitrogens is 3. The second kappa shape index (κ2) is 5.55. The number of hydrogen-bond donors (Lipinski definition) is 1. The molecule has 6 heteroatoms. The Kier molecular flexibility index (Phi) is 3.97. The topological polar surface area (TPSA) is 71.0 Å². The van der Waals surface area contributed by atoms with E-state index in [1.807, 2.05) is 20.8 Å². The molecule has 0 unspecified atom stereocenters. The number of hydrogen-bond acceptors (Lipinski definition) is 3. The van der Waals surface area contributed by atoms with Gasteiger partial charge in [-0.05, 0) is 32.4 Å². The first-order valence-electron chi connectivity index (χ1n) is 6.74. The first kappa shape index (κ1) is 15.0. The van der Waals surface area contributed by atoms with Gasteiger partial charge >= 0.3 is 0 Å². The van der Waals surface area contributed by atoms with Crippen LogP contribution in [0.2, 0.25) is 0 Å². The Bertz CT molecular complexity index is 743. The van der Waals surface area contributed by atoms with Gasteiger partial charge in [-0.3, -0.25) is 9.59 Å². The molecule has 0 aromatic carbocycles. The van der Waals surface area contributed by atoms with Gasteiger partial charge in [0.1, 0.15) is 11.4 Å². The lowest BCUT2D eigenvalue weighted by Gasteiger charge is -2.17. The van der Waals surface area contributed by atoms with E-state index in [0.29, 0.717) is 12.4 Å². The molecule has 0 radical (unpaired) electrons. The fourth-order valence-corrected chi connectivity index (χ4v) is 2.18. The maximum Gasteiger partial charge on any atom is 0.263 e. The minimum absolute atomic E-state index is 0.186. The molecule has 0 fully saturated rings. The molecule has 112 valence electrons. The standard InChI is InChI=1S/C15H20N4O2/c1-9-6-12(15(21)19(5)11(9)3)14(20)18(4)8-13-16-7-10(2)17-13/h6-7H,8H2,1-5H3,(H,16,17). The number of aromatic amines is 1. The summed E-state index contributed by atoms with van der Waals surface area (Å²) in [6, 6.07) is 1.66. The number of pyridine rings is 1. The van der Waals surface area contributed by atoms with E-state index in [4.69, 9.17) is 0 Å². The first-order chi connectivity index (χ1) is 9.81. The summed E-state index contributed by atoms with van der Waals surface area (Å²) in [6.45, 7) is 5.99. The van der Waals surface area contributed by atoms with E-state index in [2.05, 4.69) is 9.97 Å². The van der Waals surface area contributed by atoms with Crippen LogP contribution in [0.5, 0.6) is 0 Å². The average molecular weight is 288 g/mol. The molecule has 21 heavy (non-hydrogen) atoms. The van der Waals surface area contributed by atoms with Crippen LogP contribution in [0, 0.1) is 20.8 Å². The third kappa shape index (κ3) is 2.89. The van der Waals surface area contributed by atoms with E-state index in [1.54, 1.807) is 26.4 Å². The lowest BCUT2D eigenvalue weighted by molar-refractivity contribution is 0.0779. The molecule has 0 atom stereocenters. The summed E-state index contributed by atoms with van der Waals surface area (Å²) in [4.78, 5) is 33.4. The van der Waals surface area contributed by atoms with E-state index in [1.165, 1.54) is 9.47 Å². The molecule has 0 aliphatic carbocycles. The van der Waals surface area contributed by atoms with Crippen LogP contribution in [0.25, 0.3) is 0 Å². The van der Waals surface area contributed by atoms with E-state index in [0.717, 1.165) is 17.0 Å². The van der Waals surface area contributed by atoms with Crippen LogP contribution in [-0.2, 0) is 13.6 Å². The van der Waals surface area contributed by atoms with Crippen LogP contribution in [0.3, 0.4) is 0 Å². The van der Waals surface area contributed by atoms with Crippen molar-refractivity contribution in [2.45, 2.75) is 27.3 Å². The van der Waals surface area contributed by atoms with Gasteiger partial charge < -0.3 is 14.5 Å². The smallest absolute Gasteiger partial charge is 0.263 e. The summed E-state index contributed by atoms with van der Waals surface area (Å²) in [7, 11) is 3.34. The molecule has 2 heterocycles. The number of rotatable bonds is 3. The van der Waals surface area contributed by atoms with Gasteiger partial charge in [-0.1, -0.05) is 0 Å². The summed E-state index contributed by atoms with van der Waals surface area (Å²) in [5, 5.41) is 0. The average Bonchev–Trinajstić information content (AvgIpc) is 2.85. The molecule has 2 aromatic heterocycles. The van der Waals surface area contributed by atoms with E-state index >= 15 is 0 Å². The SMILES string of the molecule is Cc1cnc(CN(C)C(=O)c2cc(C)c(C)n(C)c2=O)[nH]1. The summed E-state index contributed by atoms with van der Waals surface area (Å²) in [6.07, 6.45) is 1.71. The number of imidazole rings is 1. The maximum atomic E-state index is 12.5. The Labute approximate surface area is 123 Å². The van der Waals surface area contributed by atoms with Crippen molar-refractivity contribution in [3.05, 3.63) is 51.0 Å². The van der Waals surface area contributed by atoms with Gasteiger partial charge in [0.05, 0.1) is 6.54 Å². The van der Waals surface area contributed by atoms with E-state index < -0.39 is 0 Å². The van der Waals surface area contributed by atoms with E-state index in [-0.39, 0.29) is 17.0 Å². The predicted octanol–water partition coefficient (Wildman–Crippen LogP) is 1.31. The van der Waals surface area contributed by atoms with Crippen molar-refractivity contribution in [3.63, 3.8) is 0 Å². The van der Waals surface area contributed by atoms with Crippen molar-refractivity contribution in [1.29, 1.82) is 0 Å². The monoisotopic (exact) mass is 288 g/mol. The number of amides is 1. The van der Waals surface area contributed by atoms with Gasteiger partial charge in [-0.15, -0.1) is 0 Å². The number of carbonyl (C=O) groups is 1. The number of carbonyl (C=O) groups excluding carboxylic acids is 1. The molecule has 0 saturated carbocycles. The number of H-pyrrole nitrogens is 1. The van der Waals surface area contributed by atoms with Crippen molar-refractivity contribution in [3.8, 4) is 0 Å². The van der Waals surface area contributed by atoms with Crippen LogP contribution >= 0.6 is 0 Å². The van der Waals surface area contributed by atoms with Gasteiger partial charge in [-0.2, -0.15) is 0 Å². The Morgan fingerprint density at radius 3 is 2.62 bits per heavy atom. The number of nitrogens with zero attached hydrogens (tertiary/aromatic N) is 3. The zero-order chi connectivity index (χ0) is 15.7. The number of aryl methyl sites for hydroxylation is 2. The fourth-order valence-electron chi connectivity index (χ4n) is 2.18. The second-order valence-corrected chi connectivity index (χ2v) is 5.36. The largest absolute Gasteiger partial charge is 0.345 e. The first-order valence-corrected chi connectivity index (χ1v) is 6.74. The third-order valence-electron chi connectivity index (χ3n) is 3.69. The van der Waals surface area contributed by atoms with Gasteiger partial charge in [0.25, 0.3) is 11.5 Å². The summed E-state index contributed by atoms with van der Waals surface area (Å²) >= 11 is 0. The zero-order valence-electron chi connectivity index (χ0n) is 13.0. The van der Waals surface area contributed by atoms with Crippen molar-refractivity contribution in [1.82, 2.24) is 19.4 Å². The quantitative estimate of drug-likeness (QED) is 0.925. The zero-order valence-corrected chi connectivity index (χ0v) is 13.0. The third-order valence-corrected chi connectivity index (χ3v) is 3.69. The molecule has 0 aliphatic heterocycles. The Morgan fingerprint density at radius 2 is 2.05 bits per heavy atom. The Hall–Kier alpha value is -2.37. The van der Waals surface area contributed by atoms with Crippen molar-refractivity contribution < 1.29 is 4.79 Å². The highest BCUT2D eigenvalue weighted by Gasteiger charge is 2.19. The predicted molar refractivity (Wildman–Crippen MR) is 80.3 cm³/mol. The molecular formula is C15H20N4O2. The Morgan fingerprint density at radius 1 is 1.38 bits per heavy atom. The van der Waals surface area contributed by atoms with Crippen molar-refractivity contribution in [2.24, 2.45) is 7.05 Å². The fraction of sp³-hybridized carbons (Fsp3) is 0.400. The lowest BCUT2D eigenvalue weighted by Crippen LogP contribution is -2.34. The highest BCUT2D eigenvalue weighted by Crippen LogP contribution is 2.08. The maximum absolute atomic E-state index is 12.5. The van der Waals surface area contributed by atoms with Crippen LogP contribution < -0.4 is 5.56 Å². The highest BCUT2D eigenvalue weighted by atomic mass is 16.2. The van der Waals surface area contributed by atoms with Crippen molar-refractivity contribution >= 4 is 5.91 Å². The minimum atomic E-state index is -0.298. The lowest BCUT2D eigenvalue weighted by atomic mass is 10.1. The van der Waals surface area contributed by atoms with Crippen molar-refractivity contribution in [2.75, 3.05) is 7.05 Å². The summed E-state index contributed by atoms with van der Waals surface area (Å²) in [5.74, 6) is 0.400. The molecule has 2 aromatic rings. The summed E-state index contributed by atoms with van der Waals surface area (Å²) in [5.41, 5.74) is 2.63. The minimum Gasteiger partial charge on any atom is -0.345 e. The van der Waals surface area contributed by atoms with Crippen LogP contribution in [0.1, 0.15) is 33.1 Å². The Balaban J connectivity index is 2.30. The van der Waals surface area contributed by atoms with Crippen LogP contribution in [0.15, 0.2) is 17.1 Å². The van der Waals surface area contributed by atoms with Gasteiger partial charge in [-0.25, -0.2) is 4.98 Å². The molecule has 1 amide bonds. The molecule has 0 spiro atoms. The molecule has 1 N–H and O–H groups in total. The van der Waals surface area contributed by atoms with Crippen LogP contribution in [0.4, 0.5) is 0 Å². The molecule has 0 saturated heterocycles.